The number of amides is 2. The zero-order chi connectivity index (χ0) is 19.5. The maximum atomic E-state index is 12.9. The lowest BCUT2D eigenvalue weighted by molar-refractivity contribution is -0.121. The molecule has 2 heterocycles. The number of anilines is 1. The molecule has 0 saturated carbocycles. The van der Waals surface area contributed by atoms with Gasteiger partial charge in [0.25, 0.3) is 11.8 Å². The standard InChI is InChI=1S/C21H17FN2O4/c22-15-7-5-14(6-8-15)11-23-21(26)19-10-9-16(28-19)12-24-17-3-1-2-4-18(17)27-13-20(24)25/h1-10H,11-13H2,(H,23,26). The SMILES string of the molecule is O=C(NCc1ccc(F)cc1)c1ccc(CN2C(=O)COc3ccccc32)o1. The first-order valence-corrected chi connectivity index (χ1v) is 8.74. The average Bonchev–Trinajstić information content (AvgIpc) is 3.18. The molecule has 7 heteroatoms. The highest BCUT2D eigenvalue weighted by Crippen LogP contribution is 2.32. The largest absolute Gasteiger partial charge is 0.482 e. The third-order valence-corrected chi connectivity index (χ3v) is 4.37. The van der Waals surface area contributed by atoms with E-state index in [0.717, 1.165) is 5.56 Å². The molecule has 0 aliphatic carbocycles. The van der Waals surface area contributed by atoms with Crippen LogP contribution in [-0.4, -0.2) is 18.4 Å². The van der Waals surface area contributed by atoms with Crippen molar-refractivity contribution in [3.8, 4) is 5.75 Å². The minimum atomic E-state index is -0.385. The summed E-state index contributed by atoms with van der Waals surface area (Å²) in [5, 5.41) is 2.72. The van der Waals surface area contributed by atoms with E-state index in [1.807, 2.05) is 12.1 Å². The van der Waals surface area contributed by atoms with Crippen molar-refractivity contribution in [3.05, 3.63) is 83.6 Å². The first kappa shape index (κ1) is 17.8. The number of halogens is 1. The van der Waals surface area contributed by atoms with Crippen LogP contribution in [0.5, 0.6) is 5.75 Å². The van der Waals surface area contributed by atoms with E-state index in [-0.39, 0.29) is 43.1 Å². The minimum absolute atomic E-state index is 0.0390. The Balaban J connectivity index is 1.42. The second-order valence-electron chi connectivity index (χ2n) is 6.31. The van der Waals surface area contributed by atoms with Gasteiger partial charge in [0.2, 0.25) is 0 Å². The van der Waals surface area contributed by atoms with Crippen molar-refractivity contribution >= 4 is 17.5 Å². The fourth-order valence-electron chi connectivity index (χ4n) is 2.94. The Labute approximate surface area is 160 Å². The number of nitrogens with one attached hydrogen (secondary N) is 1. The summed E-state index contributed by atoms with van der Waals surface area (Å²) in [4.78, 5) is 26.1. The molecular weight excluding hydrogens is 363 g/mol. The summed E-state index contributed by atoms with van der Waals surface area (Å²) in [6.45, 7) is 0.414. The second-order valence-corrected chi connectivity index (χ2v) is 6.31. The van der Waals surface area contributed by atoms with Crippen LogP contribution >= 0.6 is 0 Å². The lowest BCUT2D eigenvalue weighted by atomic mass is 10.2. The van der Waals surface area contributed by atoms with Gasteiger partial charge < -0.3 is 14.5 Å². The fraction of sp³-hybridized carbons (Fsp3) is 0.143. The molecule has 28 heavy (non-hydrogen) atoms. The van der Waals surface area contributed by atoms with E-state index in [1.165, 1.54) is 12.1 Å². The number of carbonyl (C=O) groups is 2. The fourth-order valence-corrected chi connectivity index (χ4v) is 2.94. The van der Waals surface area contributed by atoms with Crippen molar-refractivity contribution in [1.29, 1.82) is 0 Å². The topological polar surface area (TPSA) is 71.8 Å². The normalized spacial score (nSPS) is 13.0. The number of hydrogen-bond acceptors (Lipinski definition) is 4. The number of carbonyl (C=O) groups excluding carboxylic acids is 2. The lowest BCUT2D eigenvalue weighted by Crippen LogP contribution is -2.38. The lowest BCUT2D eigenvalue weighted by Gasteiger charge is -2.28. The van der Waals surface area contributed by atoms with Crippen LogP contribution in [0.4, 0.5) is 10.1 Å². The number of benzene rings is 2. The van der Waals surface area contributed by atoms with Crippen molar-refractivity contribution in [2.45, 2.75) is 13.1 Å². The van der Waals surface area contributed by atoms with Crippen molar-refractivity contribution in [2.75, 3.05) is 11.5 Å². The number of hydrogen-bond donors (Lipinski definition) is 1. The van der Waals surface area contributed by atoms with Gasteiger partial charge in [-0.2, -0.15) is 0 Å². The van der Waals surface area contributed by atoms with Gasteiger partial charge in [-0.1, -0.05) is 24.3 Å². The Morgan fingerprint density at radius 2 is 1.86 bits per heavy atom. The van der Waals surface area contributed by atoms with E-state index in [1.54, 1.807) is 41.3 Å². The summed E-state index contributed by atoms with van der Waals surface area (Å²) in [7, 11) is 0. The maximum absolute atomic E-state index is 12.9. The van der Waals surface area contributed by atoms with Gasteiger partial charge in [-0.15, -0.1) is 0 Å². The summed E-state index contributed by atoms with van der Waals surface area (Å²) < 4.78 is 24.0. The Morgan fingerprint density at radius 1 is 1.07 bits per heavy atom. The molecule has 2 amide bonds. The van der Waals surface area contributed by atoms with Crippen LogP contribution < -0.4 is 15.0 Å². The number of furan rings is 1. The van der Waals surface area contributed by atoms with Crippen LogP contribution in [0, 0.1) is 5.82 Å². The van der Waals surface area contributed by atoms with Crippen molar-refractivity contribution in [1.82, 2.24) is 5.32 Å². The van der Waals surface area contributed by atoms with Crippen LogP contribution in [0.1, 0.15) is 21.9 Å². The van der Waals surface area contributed by atoms with E-state index >= 15 is 0 Å². The molecule has 4 rings (SSSR count). The highest BCUT2D eigenvalue weighted by molar-refractivity contribution is 5.97. The van der Waals surface area contributed by atoms with Gasteiger partial charge in [0.05, 0.1) is 12.2 Å². The highest BCUT2D eigenvalue weighted by atomic mass is 19.1. The molecule has 3 aromatic rings. The summed E-state index contributed by atoms with van der Waals surface area (Å²) in [5.74, 6) is 0.362. The van der Waals surface area contributed by atoms with Crippen LogP contribution in [0.3, 0.4) is 0 Å². The number of rotatable bonds is 5. The zero-order valence-electron chi connectivity index (χ0n) is 14.9. The van der Waals surface area contributed by atoms with Gasteiger partial charge in [-0.3, -0.25) is 14.5 Å². The van der Waals surface area contributed by atoms with Crippen molar-refractivity contribution in [2.24, 2.45) is 0 Å². The van der Waals surface area contributed by atoms with Crippen LogP contribution in [0.25, 0.3) is 0 Å². The number of para-hydroxylation sites is 2. The number of fused-ring (bicyclic) bond motifs is 1. The maximum Gasteiger partial charge on any atom is 0.287 e. The zero-order valence-corrected chi connectivity index (χ0v) is 14.9. The molecule has 0 saturated heterocycles. The summed E-state index contributed by atoms with van der Waals surface area (Å²) in [6, 6.07) is 16.4. The third kappa shape index (κ3) is 3.73. The predicted octanol–water partition coefficient (Wildman–Crippen LogP) is 3.27. The van der Waals surface area contributed by atoms with Gasteiger partial charge >= 0.3 is 0 Å². The Bertz CT molecular complexity index is 1010. The van der Waals surface area contributed by atoms with Gasteiger partial charge in [0.15, 0.2) is 12.4 Å². The molecule has 1 aliphatic rings. The summed E-state index contributed by atoms with van der Waals surface area (Å²) in [6.07, 6.45) is 0. The monoisotopic (exact) mass is 380 g/mol. The Morgan fingerprint density at radius 3 is 2.68 bits per heavy atom. The summed E-state index contributed by atoms with van der Waals surface area (Å²) >= 11 is 0. The molecule has 0 bridgehead atoms. The van der Waals surface area contributed by atoms with E-state index in [9.17, 15) is 14.0 Å². The van der Waals surface area contributed by atoms with Crippen LogP contribution in [0.15, 0.2) is 65.1 Å². The Kier molecular flexibility index (Phi) is 4.80. The average molecular weight is 380 g/mol. The van der Waals surface area contributed by atoms with Crippen molar-refractivity contribution < 1.29 is 23.1 Å². The molecule has 0 spiro atoms. The summed E-state index contributed by atoms with van der Waals surface area (Å²) in [5.41, 5.74) is 1.44. The van der Waals surface area contributed by atoms with E-state index in [0.29, 0.717) is 17.2 Å². The molecule has 2 aromatic carbocycles. The molecule has 0 atom stereocenters. The van der Waals surface area contributed by atoms with Crippen LogP contribution in [-0.2, 0) is 17.9 Å². The number of ether oxygens (including phenoxy) is 1. The molecule has 1 N–H and O–H groups in total. The van der Waals surface area contributed by atoms with Gasteiger partial charge in [0, 0.05) is 6.54 Å². The van der Waals surface area contributed by atoms with Crippen molar-refractivity contribution in [3.63, 3.8) is 0 Å². The highest BCUT2D eigenvalue weighted by Gasteiger charge is 2.26. The molecular formula is C21H17FN2O4. The first-order chi connectivity index (χ1) is 13.6. The van der Waals surface area contributed by atoms with Gasteiger partial charge in [-0.05, 0) is 42.0 Å². The van der Waals surface area contributed by atoms with E-state index < -0.39 is 0 Å². The predicted molar refractivity (Wildman–Crippen MR) is 99.4 cm³/mol. The quantitative estimate of drug-likeness (QED) is 0.737. The molecule has 1 aliphatic heterocycles. The minimum Gasteiger partial charge on any atom is -0.482 e. The molecule has 1 aromatic heterocycles. The first-order valence-electron chi connectivity index (χ1n) is 8.74. The molecule has 0 radical (unpaired) electrons. The Hall–Kier alpha value is -3.61. The number of nitrogens with zero attached hydrogens (tertiary/aromatic N) is 1. The van der Waals surface area contributed by atoms with Gasteiger partial charge in [-0.25, -0.2) is 4.39 Å². The van der Waals surface area contributed by atoms with Gasteiger partial charge in [0.1, 0.15) is 17.3 Å². The second kappa shape index (κ2) is 7.56. The van der Waals surface area contributed by atoms with E-state index in [2.05, 4.69) is 5.32 Å². The smallest absolute Gasteiger partial charge is 0.287 e. The molecule has 142 valence electrons. The van der Waals surface area contributed by atoms with Crippen LogP contribution in [0.2, 0.25) is 0 Å². The molecule has 6 nitrogen and oxygen atoms in total. The molecule has 0 unspecified atom stereocenters. The van der Waals surface area contributed by atoms with E-state index in [4.69, 9.17) is 9.15 Å². The third-order valence-electron chi connectivity index (χ3n) is 4.37. The molecule has 0 fully saturated rings.